The molecule has 1 saturated heterocycles. The van der Waals surface area contributed by atoms with Gasteiger partial charge in [0.05, 0.1) is 0 Å². The minimum atomic E-state index is -1.29. The third-order valence-corrected chi connectivity index (χ3v) is 7.02. The summed E-state index contributed by atoms with van der Waals surface area (Å²) in [6.45, 7) is 0.759. The molecule has 2 aliphatic rings. The molecule has 3 N–H and O–H groups in total. The number of thiazole rings is 1. The molecule has 6 rings (SSSR count). The summed E-state index contributed by atoms with van der Waals surface area (Å²) in [6.07, 6.45) is 1.25. The highest BCUT2D eigenvalue weighted by Gasteiger charge is 2.45. The number of imide groups is 1. The van der Waals surface area contributed by atoms with Gasteiger partial charge in [-0.05, 0) is 35.4 Å². The van der Waals surface area contributed by atoms with E-state index in [1.165, 1.54) is 11.8 Å². The molecular weight excluding hydrogens is 530 g/mol. The Morgan fingerprint density at radius 2 is 1.97 bits per heavy atom. The lowest BCUT2D eigenvalue weighted by molar-refractivity contribution is -0.134. The van der Waals surface area contributed by atoms with E-state index in [1.54, 1.807) is 36.4 Å². The molecule has 2 aliphatic heterocycles. The molecule has 13 nitrogen and oxygen atoms in total. The number of fused-ring (bicyclic) bond motifs is 2. The molecule has 14 heteroatoms. The van der Waals surface area contributed by atoms with Gasteiger partial charge in [-0.3, -0.25) is 9.59 Å². The van der Waals surface area contributed by atoms with Gasteiger partial charge in [-0.1, -0.05) is 12.1 Å². The highest BCUT2D eigenvalue weighted by Crippen LogP contribution is 2.35. The fourth-order valence-corrected chi connectivity index (χ4v) is 5.11. The van der Waals surface area contributed by atoms with Crippen LogP contribution < -0.4 is 20.1 Å². The van der Waals surface area contributed by atoms with Gasteiger partial charge in [0.25, 0.3) is 5.91 Å². The zero-order valence-electron chi connectivity index (χ0n) is 19.9. The quantitative estimate of drug-likeness (QED) is 0.291. The maximum Gasteiger partial charge on any atom is 0.355 e. The van der Waals surface area contributed by atoms with Crippen molar-refractivity contribution in [2.24, 2.45) is 0 Å². The van der Waals surface area contributed by atoms with E-state index in [4.69, 9.17) is 19.0 Å². The average Bonchev–Trinajstić information content (AvgIpc) is 3.66. The molecule has 4 amide bonds. The standard InChI is InChI=1S/C25H19N5O8S/c31-21(29-24-27-15(10-39-24)23(33)34)16(8-12-1-3-17-14(7-12)26-11-38-17)30-22(32)20(28-25(30)35)13-2-4-18-19(9-13)37-6-5-36-18/h1-4,7,9-11,16,20H,5-6,8H2,(H,28,35)(H,33,34)(H,27,29,31)/t16-,20?/m0/s1. The molecular formula is C25H19N5O8S. The second-order valence-corrected chi connectivity index (χ2v) is 9.56. The van der Waals surface area contributed by atoms with Gasteiger partial charge in [-0.15, -0.1) is 11.3 Å². The monoisotopic (exact) mass is 549 g/mol. The van der Waals surface area contributed by atoms with Crippen molar-refractivity contribution in [1.82, 2.24) is 20.2 Å². The van der Waals surface area contributed by atoms with Crippen molar-refractivity contribution in [3.63, 3.8) is 0 Å². The lowest BCUT2D eigenvalue weighted by atomic mass is 10.0. The van der Waals surface area contributed by atoms with Crippen LogP contribution in [-0.2, 0) is 16.0 Å². The van der Waals surface area contributed by atoms with E-state index in [-0.39, 0.29) is 17.2 Å². The number of rotatable bonds is 7. The number of carbonyl (C=O) groups excluding carboxylic acids is 3. The summed E-state index contributed by atoms with van der Waals surface area (Å²) in [5.41, 5.74) is 1.93. The Bertz CT molecular complexity index is 1630. The summed E-state index contributed by atoms with van der Waals surface area (Å²) in [7, 11) is 0. The normalized spacial score (nSPS) is 17.2. The number of nitrogens with zero attached hydrogens (tertiary/aromatic N) is 3. The van der Waals surface area contributed by atoms with Crippen LogP contribution in [0.15, 0.2) is 52.6 Å². The molecule has 4 heterocycles. The number of carboxylic acid groups (broad SMARTS) is 1. The van der Waals surface area contributed by atoms with Gasteiger partial charge in [0, 0.05) is 11.8 Å². The van der Waals surface area contributed by atoms with Crippen molar-refractivity contribution in [2.75, 3.05) is 18.5 Å². The summed E-state index contributed by atoms with van der Waals surface area (Å²) in [6, 6.07) is 6.91. The van der Waals surface area contributed by atoms with Crippen LogP contribution in [0.25, 0.3) is 11.1 Å². The Morgan fingerprint density at radius 3 is 2.77 bits per heavy atom. The number of ether oxygens (including phenoxy) is 2. The fraction of sp³-hybridized carbons (Fsp3) is 0.200. The number of urea groups is 1. The molecule has 0 radical (unpaired) electrons. The largest absolute Gasteiger partial charge is 0.486 e. The Morgan fingerprint density at radius 1 is 1.15 bits per heavy atom. The van der Waals surface area contributed by atoms with Gasteiger partial charge < -0.3 is 29.6 Å². The van der Waals surface area contributed by atoms with Crippen LogP contribution in [0.3, 0.4) is 0 Å². The average molecular weight is 550 g/mol. The molecule has 4 aromatic rings. The molecule has 0 aliphatic carbocycles. The maximum absolute atomic E-state index is 13.6. The minimum absolute atomic E-state index is 0.0183. The highest BCUT2D eigenvalue weighted by molar-refractivity contribution is 7.14. The van der Waals surface area contributed by atoms with E-state index in [0.717, 1.165) is 16.2 Å². The number of anilines is 1. The Balaban J connectivity index is 1.31. The molecule has 2 aromatic carbocycles. The van der Waals surface area contributed by atoms with E-state index in [9.17, 15) is 19.2 Å². The summed E-state index contributed by atoms with van der Waals surface area (Å²) in [5, 5.41) is 15.6. The van der Waals surface area contributed by atoms with Gasteiger partial charge >= 0.3 is 12.0 Å². The number of benzene rings is 2. The van der Waals surface area contributed by atoms with Crippen molar-refractivity contribution in [3.8, 4) is 11.5 Å². The number of amides is 4. The fourth-order valence-electron chi connectivity index (χ4n) is 4.43. The van der Waals surface area contributed by atoms with Gasteiger partial charge in [-0.2, -0.15) is 0 Å². The number of nitrogens with one attached hydrogen (secondary N) is 2. The first-order chi connectivity index (χ1) is 18.9. The van der Waals surface area contributed by atoms with Crippen molar-refractivity contribution >= 4 is 51.4 Å². The zero-order chi connectivity index (χ0) is 27.1. The lowest BCUT2D eigenvalue weighted by Crippen LogP contribution is -2.49. The predicted octanol–water partition coefficient (Wildman–Crippen LogP) is 2.60. The van der Waals surface area contributed by atoms with Crippen molar-refractivity contribution in [2.45, 2.75) is 18.5 Å². The van der Waals surface area contributed by atoms with Crippen LogP contribution in [0.4, 0.5) is 9.93 Å². The van der Waals surface area contributed by atoms with E-state index >= 15 is 0 Å². The van der Waals surface area contributed by atoms with Crippen LogP contribution in [0.2, 0.25) is 0 Å². The number of carboxylic acids is 1. The number of hydrogen-bond acceptors (Lipinski definition) is 10. The highest BCUT2D eigenvalue weighted by atomic mass is 32.1. The number of carbonyl (C=O) groups is 4. The lowest BCUT2D eigenvalue weighted by Gasteiger charge is -2.24. The predicted molar refractivity (Wildman–Crippen MR) is 135 cm³/mol. The molecule has 198 valence electrons. The van der Waals surface area contributed by atoms with E-state index in [2.05, 4.69) is 20.6 Å². The van der Waals surface area contributed by atoms with Crippen molar-refractivity contribution < 1.29 is 38.2 Å². The molecule has 0 saturated carbocycles. The summed E-state index contributed by atoms with van der Waals surface area (Å²) >= 11 is 0.912. The number of oxazole rings is 1. The Labute approximate surface area is 223 Å². The van der Waals surface area contributed by atoms with E-state index < -0.39 is 35.9 Å². The molecule has 0 spiro atoms. The third-order valence-electron chi connectivity index (χ3n) is 6.26. The van der Waals surface area contributed by atoms with Crippen LogP contribution in [0.1, 0.15) is 27.7 Å². The topological polar surface area (TPSA) is 173 Å². The smallest absolute Gasteiger partial charge is 0.355 e. The SMILES string of the molecule is O=C(O)c1csc(NC(=O)[C@H](Cc2ccc3ocnc3c2)N2C(=O)NC(c3ccc4c(c3)OCCO4)C2=O)n1. The summed E-state index contributed by atoms with van der Waals surface area (Å²) < 4.78 is 16.4. The van der Waals surface area contributed by atoms with Crippen molar-refractivity contribution in [3.05, 3.63) is 65.0 Å². The van der Waals surface area contributed by atoms with E-state index in [1.807, 2.05) is 0 Å². The van der Waals surface area contributed by atoms with Crippen molar-refractivity contribution in [1.29, 1.82) is 0 Å². The van der Waals surface area contributed by atoms with Gasteiger partial charge in [0.15, 0.2) is 34.3 Å². The molecule has 2 aromatic heterocycles. The van der Waals surface area contributed by atoms with Gasteiger partial charge in [0.1, 0.15) is 30.8 Å². The second kappa shape index (κ2) is 9.72. The molecule has 2 atom stereocenters. The second-order valence-electron chi connectivity index (χ2n) is 8.70. The zero-order valence-corrected chi connectivity index (χ0v) is 20.8. The number of hydrogen-bond donors (Lipinski definition) is 3. The first-order valence-corrected chi connectivity index (χ1v) is 12.6. The third kappa shape index (κ3) is 4.61. The minimum Gasteiger partial charge on any atom is -0.486 e. The van der Waals surface area contributed by atoms with Crippen LogP contribution >= 0.6 is 11.3 Å². The first kappa shape index (κ1) is 24.4. The Kier molecular flexibility index (Phi) is 6.07. The summed E-state index contributed by atoms with van der Waals surface area (Å²) in [5.74, 6) is -1.62. The molecule has 0 bridgehead atoms. The molecule has 1 unspecified atom stereocenters. The first-order valence-electron chi connectivity index (χ1n) is 11.7. The van der Waals surface area contributed by atoms with Crippen LogP contribution in [-0.4, -0.2) is 63.0 Å². The number of aromatic carboxylic acids is 1. The van der Waals surface area contributed by atoms with E-state index in [0.29, 0.717) is 46.9 Å². The Hall–Kier alpha value is -4.98. The molecule has 1 fully saturated rings. The maximum atomic E-state index is 13.6. The van der Waals surface area contributed by atoms with Crippen LogP contribution in [0, 0.1) is 0 Å². The summed E-state index contributed by atoms with van der Waals surface area (Å²) in [4.78, 5) is 60.3. The van der Waals surface area contributed by atoms with Gasteiger partial charge in [-0.25, -0.2) is 24.5 Å². The van der Waals surface area contributed by atoms with Gasteiger partial charge in [0.2, 0.25) is 5.91 Å². The molecule has 39 heavy (non-hydrogen) atoms. The van der Waals surface area contributed by atoms with Crippen LogP contribution in [0.5, 0.6) is 11.5 Å². The number of aromatic nitrogens is 2.